The van der Waals surface area contributed by atoms with Crippen molar-refractivity contribution in [2.24, 2.45) is 0 Å². The van der Waals surface area contributed by atoms with E-state index in [0.717, 1.165) is 0 Å². The highest BCUT2D eigenvalue weighted by atomic mass is 16.5. The quantitative estimate of drug-likeness (QED) is 0.707. The van der Waals surface area contributed by atoms with Gasteiger partial charge < -0.3 is 19.4 Å². The molecule has 3 aromatic rings. The average molecular weight is 284 g/mol. The van der Waals surface area contributed by atoms with E-state index in [1.165, 1.54) is 25.5 Å². The van der Waals surface area contributed by atoms with Crippen LogP contribution in [0.2, 0.25) is 0 Å². The summed E-state index contributed by atoms with van der Waals surface area (Å²) in [4.78, 5) is 12.6. The number of phenols is 2. The first-order valence-corrected chi connectivity index (χ1v) is 6.22. The second kappa shape index (κ2) is 4.86. The first-order chi connectivity index (χ1) is 10.1. The van der Waals surface area contributed by atoms with Crippen molar-refractivity contribution in [1.29, 1.82) is 0 Å². The van der Waals surface area contributed by atoms with Gasteiger partial charge in [0.25, 0.3) is 0 Å². The summed E-state index contributed by atoms with van der Waals surface area (Å²) in [5.41, 5.74) is 0.818. The molecule has 0 bridgehead atoms. The first-order valence-electron chi connectivity index (χ1n) is 6.22. The third-order valence-corrected chi connectivity index (χ3v) is 3.27. The molecule has 0 aliphatic heterocycles. The van der Waals surface area contributed by atoms with Crippen LogP contribution in [-0.2, 0) is 0 Å². The largest absolute Gasteiger partial charge is 0.504 e. The topological polar surface area (TPSA) is 79.9 Å². The molecule has 5 heteroatoms. The molecule has 2 aromatic carbocycles. The Morgan fingerprint density at radius 3 is 2.52 bits per heavy atom. The molecule has 2 N–H and O–H groups in total. The lowest BCUT2D eigenvalue weighted by atomic mass is 10.0. The number of hydrogen-bond donors (Lipinski definition) is 2. The zero-order valence-corrected chi connectivity index (χ0v) is 11.2. The Hall–Kier alpha value is -2.95. The monoisotopic (exact) mass is 284 g/mol. The molecular formula is C16H12O5. The van der Waals surface area contributed by atoms with E-state index in [-0.39, 0.29) is 27.9 Å². The number of aromatic hydroxyl groups is 2. The van der Waals surface area contributed by atoms with Gasteiger partial charge in [-0.3, -0.25) is 4.79 Å². The highest BCUT2D eigenvalue weighted by Gasteiger charge is 2.14. The number of para-hydroxylation sites is 1. The van der Waals surface area contributed by atoms with Gasteiger partial charge in [-0.1, -0.05) is 18.2 Å². The zero-order valence-electron chi connectivity index (χ0n) is 11.2. The molecule has 0 fully saturated rings. The summed E-state index contributed by atoms with van der Waals surface area (Å²) in [6, 6.07) is 9.47. The van der Waals surface area contributed by atoms with Crippen molar-refractivity contribution in [3.63, 3.8) is 0 Å². The lowest BCUT2D eigenvalue weighted by Crippen LogP contribution is -2.05. The van der Waals surface area contributed by atoms with Crippen LogP contribution in [0.15, 0.2) is 51.9 Å². The van der Waals surface area contributed by atoms with E-state index in [2.05, 4.69) is 0 Å². The normalized spacial score (nSPS) is 10.7. The van der Waals surface area contributed by atoms with Crippen LogP contribution in [-0.4, -0.2) is 17.3 Å². The highest BCUT2D eigenvalue weighted by Crippen LogP contribution is 2.32. The van der Waals surface area contributed by atoms with Gasteiger partial charge in [0.2, 0.25) is 5.43 Å². The fourth-order valence-corrected chi connectivity index (χ4v) is 2.21. The Kier molecular flexibility index (Phi) is 3.02. The number of benzene rings is 2. The number of rotatable bonds is 2. The average Bonchev–Trinajstić information content (AvgIpc) is 2.50. The van der Waals surface area contributed by atoms with Crippen molar-refractivity contribution in [2.45, 2.75) is 0 Å². The predicted molar refractivity (Wildman–Crippen MR) is 77.8 cm³/mol. The Morgan fingerprint density at radius 2 is 1.76 bits per heavy atom. The lowest BCUT2D eigenvalue weighted by molar-refractivity contribution is 0.403. The van der Waals surface area contributed by atoms with E-state index >= 15 is 0 Å². The Labute approximate surface area is 119 Å². The van der Waals surface area contributed by atoms with Crippen molar-refractivity contribution in [1.82, 2.24) is 0 Å². The van der Waals surface area contributed by atoms with Gasteiger partial charge in [-0.25, -0.2) is 0 Å². The van der Waals surface area contributed by atoms with Gasteiger partial charge in [0.05, 0.1) is 18.1 Å². The van der Waals surface area contributed by atoms with Gasteiger partial charge >= 0.3 is 0 Å². The maximum absolute atomic E-state index is 12.6. The highest BCUT2D eigenvalue weighted by molar-refractivity contribution is 5.85. The smallest absolute Gasteiger partial charge is 0.200 e. The van der Waals surface area contributed by atoms with Gasteiger partial charge in [-0.2, -0.15) is 0 Å². The van der Waals surface area contributed by atoms with Gasteiger partial charge in [-0.05, 0) is 12.1 Å². The van der Waals surface area contributed by atoms with Gasteiger partial charge in [0.15, 0.2) is 11.5 Å². The molecule has 1 aromatic heterocycles. The minimum absolute atomic E-state index is 0.189. The molecule has 0 atom stereocenters. The predicted octanol–water partition coefficient (Wildman–Crippen LogP) is 2.88. The molecule has 3 rings (SSSR count). The van der Waals surface area contributed by atoms with Crippen molar-refractivity contribution in [2.75, 3.05) is 7.11 Å². The van der Waals surface area contributed by atoms with Crippen LogP contribution in [0, 0.1) is 0 Å². The fourth-order valence-electron chi connectivity index (χ4n) is 2.21. The molecule has 5 nitrogen and oxygen atoms in total. The van der Waals surface area contributed by atoms with Gasteiger partial charge in [0, 0.05) is 11.6 Å². The van der Waals surface area contributed by atoms with E-state index in [1.54, 1.807) is 24.3 Å². The van der Waals surface area contributed by atoms with Crippen LogP contribution in [0.4, 0.5) is 0 Å². The van der Waals surface area contributed by atoms with Gasteiger partial charge in [0.1, 0.15) is 17.6 Å². The van der Waals surface area contributed by atoms with Crippen molar-refractivity contribution < 1.29 is 19.4 Å². The number of hydrogen-bond acceptors (Lipinski definition) is 5. The number of fused-ring (bicyclic) bond motifs is 1. The van der Waals surface area contributed by atoms with Gasteiger partial charge in [-0.15, -0.1) is 0 Å². The van der Waals surface area contributed by atoms with Crippen molar-refractivity contribution in [3.05, 3.63) is 52.9 Å². The number of methoxy groups -OCH3 is 1. The molecule has 0 saturated heterocycles. The van der Waals surface area contributed by atoms with Crippen LogP contribution in [0.25, 0.3) is 22.1 Å². The summed E-state index contributed by atoms with van der Waals surface area (Å²) in [7, 11) is 1.52. The van der Waals surface area contributed by atoms with E-state index in [0.29, 0.717) is 16.9 Å². The molecule has 106 valence electrons. The van der Waals surface area contributed by atoms with Crippen LogP contribution >= 0.6 is 0 Å². The third kappa shape index (κ3) is 2.08. The Morgan fingerprint density at radius 1 is 1.05 bits per heavy atom. The molecule has 0 aliphatic rings. The molecule has 0 saturated carbocycles. The minimum atomic E-state index is -0.369. The number of ether oxygens (including phenoxy) is 1. The first kappa shape index (κ1) is 13.1. The van der Waals surface area contributed by atoms with E-state index < -0.39 is 0 Å². The Bertz CT molecular complexity index is 879. The summed E-state index contributed by atoms with van der Waals surface area (Å²) >= 11 is 0. The summed E-state index contributed by atoms with van der Waals surface area (Å²) < 4.78 is 10.6. The molecule has 1 heterocycles. The summed E-state index contributed by atoms with van der Waals surface area (Å²) in [6.45, 7) is 0. The summed E-state index contributed by atoms with van der Waals surface area (Å²) in [6.07, 6.45) is 1.32. The molecule has 21 heavy (non-hydrogen) atoms. The molecule has 0 spiro atoms. The maximum Gasteiger partial charge on any atom is 0.200 e. The lowest BCUT2D eigenvalue weighted by Gasteiger charge is -2.08. The van der Waals surface area contributed by atoms with Crippen LogP contribution in [0.5, 0.6) is 17.2 Å². The van der Waals surface area contributed by atoms with Crippen LogP contribution in [0.3, 0.4) is 0 Å². The van der Waals surface area contributed by atoms with Crippen molar-refractivity contribution >= 4 is 11.0 Å². The van der Waals surface area contributed by atoms with E-state index in [4.69, 9.17) is 9.15 Å². The third-order valence-electron chi connectivity index (χ3n) is 3.27. The molecular weight excluding hydrogens is 272 g/mol. The standard InChI is InChI=1S/C16H12O5/c1-20-14-5-3-2-4-9(14)11-8-21-15-7-13(18)12(17)6-10(15)16(11)19/h2-8,17-18H,1H3. The SMILES string of the molecule is COc1ccccc1-c1coc2cc(O)c(O)cc2c1=O. The van der Waals surface area contributed by atoms with Crippen LogP contribution < -0.4 is 10.2 Å². The van der Waals surface area contributed by atoms with E-state index in [9.17, 15) is 15.0 Å². The zero-order chi connectivity index (χ0) is 15.0. The summed E-state index contributed by atoms with van der Waals surface area (Å²) in [5, 5.41) is 19.2. The second-order valence-corrected chi connectivity index (χ2v) is 4.52. The molecule has 0 radical (unpaired) electrons. The summed E-state index contributed by atoms with van der Waals surface area (Å²) in [5.74, 6) is -0.158. The fraction of sp³-hybridized carbons (Fsp3) is 0.0625. The maximum atomic E-state index is 12.6. The molecule has 0 amide bonds. The molecule has 0 unspecified atom stereocenters. The van der Waals surface area contributed by atoms with E-state index in [1.807, 2.05) is 0 Å². The minimum Gasteiger partial charge on any atom is -0.504 e. The van der Waals surface area contributed by atoms with Crippen LogP contribution in [0.1, 0.15) is 0 Å². The second-order valence-electron chi connectivity index (χ2n) is 4.52. The van der Waals surface area contributed by atoms with Crippen molar-refractivity contribution in [3.8, 4) is 28.4 Å². The Balaban J connectivity index is 2.32. The number of phenolic OH excluding ortho intramolecular Hbond substituents is 2. The molecule has 0 aliphatic carbocycles.